The minimum Gasteiger partial charge on any atom is -0.463 e. The molecule has 3 nitrogen and oxygen atoms in total. The minimum atomic E-state index is -0.266. The Kier molecular flexibility index (Phi) is 3.97. The first kappa shape index (κ1) is 13.0. The molecule has 2 atom stereocenters. The number of hydrogen-bond donors (Lipinski definition) is 1. The topological polar surface area (TPSA) is 38.3 Å². The van der Waals surface area contributed by atoms with Crippen LogP contribution in [0.5, 0.6) is 0 Å². The van der Waals surface area contributed by atoms with Crippen LogP contribution < -0.4 is 5.32 Å². The number of benzene rings is 1. The minimum absolute atomic E-state index is 0.0724. The Labute approximate surface area is 106 Å². The van der Waals surface area contributed by atoms with E-state index in [0.29, 0.717) is 0 Å². The number of rotatable bonds is 3. The molecule has 0 spiro atoms. The van der Waals surface area contributed by atoms with E-state index in [-0.39, 0.29) is 29.9 Å². The van der Waals surface area contributed by atoms with Gasteiger partial charge in [0.1, 0.15) is 5.82 Å². The van der Waals surface area contributed by atoms with Crippen LogP contribution in [0.1, 0.15) is 31.9 Å². The van der Waals surface area contributed by atoms with E-state index in [1.54, 1.807) is 12.1 Å². The van der Waals surface area contributed by atoms with Gasteiger partial charge in [-0.25, -0.2) is 4.39 Å². The molecule has 0 aliphatic carbocycles. The summed E-state index contributed by atoms with van der Waals surface area (Å²) in [5.74, 6) is -0.625. The highest BCUT2D eigenvalue weighted by Crippen LogP contribution is 2.30. The standard InChI is InChI=1S/C14H18FNO2/c1-9(2)18-14(17)12-7-8-16-13(12)10-3-5-11(15)6-4-10/h3-6,9,12-13,16H,7-8H2,1-2H3. The quantitative estimate of drug-likeness (QED) is 0.838. The molecule has 1 heterocycles. The van der Waals surface area contributed by atoms with Gasteiger partial charge in [0.05, 0.1) is 12.0 Å². The van der Waals surface area contributed by atoms with E-state index < -0.39 is 0 Å². The molecule has 1 N–H and O–H groups in total. The summed E-state index contributed by atoms with van der Waals surface area (Å²) in [6, 6.07) is 6.19. The summed E-state index contributed by atoms with van der Waals surface area (Å²) in [5, 5.41) is 3.27. The Hall–Kier alpha value is -1.42. The summed E-state index contributed by atoms with van der Waals surface area (Å²) in [4.78, 5) is 12.0. The monoisotopic (exact) mass is 251 g/mol. The summed E-state index contributed by atoms with van der Waals surface area (Å²) in [7, 11) is 0. The molecule has 2 unspecified atom stereocenters. The molecule has 18 heavy (non-hydrogen) atoms. The fourth-order valence-corrected chi connectivity index (χ4v) is 2.30. The third-order valence-electron chi connectivity index (χ3n) is 3.11. The first-order valence-corrected chi connectivity index (χ1v) is 6.27. The molecule has 0 bridgehead atoms. The Balaban J connectivity index is 2.12. The molecule has 1 aliphatic rings. The first-order valence-electron chi connectivity index (χ1n) is 6.27. The molecule has 98 valence electrons. The summed E-state index contributed by atoms with van der Waals surface area (Å²) < 4.78 is 18.1. The summed E-state index contributed by atoms with van der Waals surface area (Å²) in [5.41, 5.74) is 0.930. The molecule has 0 aromatic heterocycles. The second-order valence-electron chi connectivity index (χ2n) is 4.86. The van der Waals surface area contributed by atoms with Gasteiger partial charge >= 0.3 is 5.97 Å². The smallest absolute Gasteiger partial charge is 0.311 e. The molecule has 0 saturated carbocycles. The Bertz CT molecular complexity index is 416. The molecular weight excluding hydrogens is 233 g/mol. The number of carbonyl (C=O) groups is 1. The van der Waals surface area contributed by atoms with Gasteiger partial charge in [0.25, 0.3) is 0 Å². The van der Waals surface area contributed by atoms with Crippen LogP contribution in [0.2, 0.25) is 0 Å². The molecule has 1 fully saturated rings. The third kappa shape index (κ3) is 2.88. The zero-order valence-corrected chi connectivity index (χ0v) is 10.7. The van der Waals surface area contributed by atoms with E-state index in [2.05, 4.69) is 5.32 Å². The maximum atomic E-state index is 12.9. The van der Waals surface area contributed by atoms with Crippen LogP contribution in [0.3, 0.4) is 0 Å². The van der Waals surface area contributed by atoms with Crippen LogP contribution in [0.4, 0.5) is 4.39 Å². The number of hydrogen-bond acceptors (Lipinski definition) is 3. The van der Waals surface area contributed by atoms with Gasteiger partial charge in [-0.05, 0) is 44.5 Å². The lowest BCUT2D eigenvalue weighted by Gasteiger charge is -2.20. The molecule has 4 heteroatoms. The SMILES string of the molecule is CC(C)OC(=O)C1CCNC1c1ccc(F)cc1. The average molecular weight is 251 g/mol. The Morgan fingerprint density at radius 1 is 1.39 bits per heavy atom. The maximum Gasteiger partial charge on any atom is 0.311 e. The molecule has 0 amide bonds. The van der Waals surface area contributed by atoms with Gasteiger partial charge < -0.3 is 10.1 Å². The number of carbonyl (C=O) groups excluding carboxylic acids is 1. The predicted molar refractivity (Wildman–Crippen MR) is 66.5 cm³/mol. The zero-order chi connectivity index (χ0) is 13.1. The van der Waals surface area contributed by atoms with Crippen LogP contribution in [0.15, 0.2) is 24.3 Å². The fraction of sp³-hybridized carbons (Fsp3) is 0.500. The normalized spacial score (nSPS) is 23.3. The average Bonchev–Trinajstić information content (AvgIpc) is 2.78. The molecule has 1 aromatic rings. The maximum absolute atomic E-state index is 12.9. The van der Waals surface area contributed by atoms with Gasteiger partial charge in [-0.3, -0.25) is 4.79 Å². The van der Waals surface area contributed by atoms with E-state index in [0.717, 1.165) is 18.5 Å². The molecule has 1 aliphatic heterocycles. The lowest BCUT2D eigenvalue weighted by molar-refractivity contribution is -0.152. The van der Waals surface area contributed by atoms with Gasteiger partial charge in [-0.15, -0.1) is 0 Å². The van der Waals surface area contributed by atoms with Gasteiger partial charge in [0.15, 0.2) is 0 Å². The first-order chi connectivity index (χ1) is 8.58. The van der Waals surface area contributed by atoms with Crippen LogP contribution in [-0.4, -0.2) is 18.6 Å². The zero-order valence-electron chi connectivity index (χ0n) is 10.7. The highest BCUT2D eigenvalue weighted by atomic mass is 19.1. The van der Waals surface area contributed by atoms with Crippen LogP contribution in [0.25, 0.3) is 0 Å². The van der Waals surface area contributed by atoms with Crippen molar-refractivity contribution >= 4 is 5.97 Å². The van der Waals surface area contributed by atoms with E-state index in [4.69, 9.17) is 4.74 Å². The van der Waals surface area contributed by atoms with E-state index >= 15 is 0 Å². The van der Waals surface area contributed by atoms with Crippen LogP contribution in [-0.2, 0) is 9.53 Å². The largest absolute Gasteiger partial charge is 0.463 e. The molecule has 1 saturated heterocycles. The van der Waals surface area contributed by atoms with Crippen molar-refractivity contribution in [3.8, 4) is 0 Å². The van der Waals surface area contributed by atoms with Crippen molar-refractivity contribution in [1.29, 1.82) is 0 Å². The number of esters is 1. The van der Waals surface area contributed by atoms with Crippen LogP contribution >= 0.6 is 0 Å². The lowest BCUT2D eigenvalue weighted by atomic mass is 9.94. The molecule has 1 aromatic carbocycles. The van der Waals surface area contributed by atoms with E-state index in [9.17, 15) is 9.18 Å². The number of ether oxygens (including phenoxy) is 1. The van der Waals surface area contributed by atoms with Crippen molar-refractivity contribution in [2.75, 3.05) is 6.54 Å². The number of nitrogens with one attached hydrogen (secondary N) is 1. The summed E-state index contributed by atoms with van der Waals surface area (Å²) >= 11 is 0. The van der Waals surface area contributed by atoms with E-state index in [1.807, 2.05) is 13.8 Å². The molecule has 2 rings (SSSR count). The summed E-state index contributed by atoms with van der Waals surface area (Å²) in [6.45, 7) is 4.46. The Morgan fingerprint density at radius 2 is 2.06 bits per heavy atom. The molecule has 0 radical (unpaired) electrons. The van der Waals surface area contributed by atoms with E-state index in [1.165, 1.54) is 12.1 Å². The third-order valence-corrected chi connectivity index (χ3v) is 3.11. The van der Waals surface area contributed by atoms with Gasteiger partial charge in [0.2, 0.25) is 0 Å². The predicted octanol–water partition coefficient (Wildman–Crippen LogP) is 2.43. The number of halogens is 1. The highest BCUT2D eigenvalue weighted by Gasteiger charge is 2.35. The van der Waals surface area contributed by atoms with Crippen molar-refractivity contribution < 1.29 is 13.9 Å². The van der Waals surface area contributed by atoms with Crippen molar-refractivity contribution in [3.05, 3.63) is 35.6 Å². The molecular formula is C14H18FNO2. The highest BCUT2D eigenvalue weighted by molar-refractivity contribution is 5.74. The lowest BCUT2D eigenvalue weighted by Crippen LogP contribution is -2.27. The van der Waals surface area contributed by atoms with Crippen molar-refractivity contribution in [1.82, 2.24) is 5.32 Å². The van der Waals surface area contributed by atoms with Crippen molar-refractivity contribution in [2.24, 2.45) is 5.92 Å². The van der Waals surface area contributed by atoms with Crippen molar-refractivity contribution in [3.63, 3.8) is 0 Å². The Morgan fingerprint density at radius 3 is 2.67 bits per heavy atom. The van der Waals surface area contributed by atoms with Gasteiger partial charge in [-0.2, -0.15) is 0 Å². The van der Waals surface area contributed by atoms with Crippen LogP contribution in [0, 0.1) is 11.7 Å². The summed E-state index contributed by atoms with van der Waals surface area (Å²) in [6.07, 6.45) is 0.653. The fourth-order valence-electron chi connectivity index (χ4n) is 2.30. The van der Waals surface area contributed by atoms with Gasteiger partial charge in [-0.1, -0.05) is 12.1 Å². The van der Waals surface area contributed by atoms with Gasteiger partial charge in [0, 0.05) is 6.04 Å². The second-order valence-corrected chi connectivity index (χ2v) is 4.86. The second kappa shape index (κ2) is 5.48. The van der Waals surface area contributed by atoms with Crippen molar-refractivity contribution in [2.45, 2.75) is 32.4 Å².